The van der Waals surface area contributed by atoms with Gasteiger partial charge in [-0.15, -0.1) is 0 Å². The molecule has 0 spiro atoms. The van der Waals surface area contributed by atoms with E-state index in [-0.39, 0.29) is 10.7 Å². The molecule has 0 rings (SSSR count). The van der Waals surface area contributed by atoms with E-state index < -0.39 is 0 Å². The number of hydrogen-bond donors (Lipinski definition) is 0. The first-order chi connectivity index (χ1) is 6.04. The number of nitrogens with zero attached hydrogens (tertiary/aromatic N) is 1. The Balaban J connectivity index is 4.80. The molecule has 0 amide bonds. The van der Waals surface area contributed by atoms with Crippen molar-refractivity contribution in [3.8, 4) is 0 Å². The average molecular weight is 191 g/mol. The Morgan fingerprint density at radius 2 is 1.50 bits per heavy atom. The predicted molar refractivity (Wildman–Crippen MR) is 66.1 cm³/mol. The highest BCUT2D eigenvalue weighted by Gasteiger charge is 2.15. The lowest BCUT2D eigenvalue weighted by Crippen LogP contribution is -2.09. The fourth-order valence-electron chi connectivity index (χ4n) is 0.903. The summed E-state index contributed by atoms with van der Waals surface area (Å²) in [5.74, 6) is 0. The molecular formula is C12H22BN. The van der Waals surface area contributed by atoms with Crippen LogP contribution in [-0.4, -0.2) is 14.1 Å². The normalized spacial score (nSPS) is 15.9. The van der Waals surface area contributed by atoms with E-state index in [4.69, 9.17) is 7.85 Å². The SMILES string of the molecule is [B]C(C)(C)C=N/C(C)=C(/C)C(C)(C)C. The summed E-state index contributed by atoms with van der Waals surface area (Å²) in [6.07, 6.45) is 1.80. The first kappa shape index (κ1) is 13.5. The second-order valence-corrected chi connectivity index (χ2v) is 5.54. The second kappa shape index (κ2) is 4.33. The lowest BCUT2D eigenvalue weighted by molar-refractivity contribution is 0.498. The molecule has 2 radical (unpaired) electrons. The molecule has 0 aromatic rings. The number of aliphatic imine (C=N–C) groups is 1. The molecule has 1 nitrogen and oxygen atoms in total. The summed E-state index contributed by atoms with van der Waals surface area (Å²) in [4.78, 5) is 4.39. The standard InChI is InChI=1S/C12H22BN/c1-9(11(3,4)5)10(2)14-8-12(6,7)13/h8H,1-7H3/b10-9-,14-8?. The Morgan fingerprint density at radius 1 is 1.07 bits per heavy atom. The molecule has 0 N–H and O–H groups in total. The summed E-state index contributed by atoms with van der Waals surface area (Å²) < 4.78 is 0. The molecule has 0 saturated heterocycles. The Kier molecular flexibility index (Phi) is 4.17. The van der Waals surface area contributed by atoms with Crippen LogP contribution in [-0.2, 0) is 0 Å². The van der Waals surface area contributed by atoms with E-state index in [1.807, 2.05) is 20.8 Å². The lowest BCUT2D eigenvalue weighted by Gasteiger charge is -2.21. The Bertz CT molecular complexity index is 248. The van der Waals surface area contributed by atoms with Gasteiger partial charge in [0.15, 0.2) is 0 Å². The largest absolute Gasteiger partial charge is 0.266 e. The second-order valence-electron chi connectivity index (χ2n) is 5.54. The topological polar surface area (TPSA) is 12.4 Å². The zero-order valence-corrected chi connectivity index (χ0v) is 10.6. The molecule has 0 aliphatic carbocycles. The van der Waals surface area contributed by atoms with Crippen LogP contribution in [0.5, 0.6) is 0 Å². The van der Waals surface area contributed by atoms with Crippen molar-refractivity contribution in [1.82, 2.24) is 0 Å². The first-order valence-electron chi connectivity index (χ1n) is 5.06. The van der Waals surface area contributed by atoms with Gasteiger partial charge in [-0.1, -0.05) is 34.6 Å². The van der Waals surface area contributed by atoms with Crippen LogP contribution in [0.25, 0.3) is 0 Å². The molecule has 2 heteroatoms. The van der Waals surface area contributed by atoms with Crippen molar-refractivity contribution in [3.63, 3.8) is 0 Å². The minimum absolute atomic E-state index is 0.181. The minimum atomic E-state index is -0.334. The monoisotopic (exact) mass is 191 g/mol. The van der Waals surface area contributed by atoms with Crippen molar-refractivity contribution in [1.29, 1.82) is 0 Å². The van der Waals surface area contributed by atoms with Crippen LogP contribution in [0.3, 0.4) is 0 Å². The quantitative estimate of drug-likeness (QED) is 0.465. The maximum Gasteiger partial charge on any atom is 0.0815 e. The zero-order valence-electron chi connectivity index (χ0n) is 10.6. The van der Waals surface area contributed by atoms with Gasteiger partial charge in [0.25, 0.3) is 0 Å². The van der Waals surface area contributed by atoms with Crippen LogP contribution in [0, 0.1) is 5.41 Å². The van der Waals surface area contributed by atoms with Gasteiger partial charge < -0.3 is 0 Å². The molecule has 78 valence electrons. The van der Waals surface area contributed by atoms with Gasteiger partial charge >= 0.3 is 0 Å². The summed E-state index contributed by atoms with van der Waals surface area (Å²) in [7, 11) is 5.82. The Labute approximate surface area is 90.1 Å². The van der Waals surface area contributed by atoms with Crippen molar-refractivity contribution in [2.75, 3.05) is 0 Å². The average Bonchev–Trinajstić information content (AvgIpc) is 1.95. The van der Waals surface area contributed by atoms with E-state index in [9.17, 15) is 0 Å². The van der Waals surface area contributed by atoms with Gasteiger partial charge in [-0.3, -0.25) is 4.99 Å². The third-order valence-electron chi connectivity index (χ3n) is 2.26. The molecule has 0 saturated carbocycles. The Hall–Kier alpha value is -0.525. The molecule has 0 heterocycles. The van der Waals surface area contributed by atoms with E-state index in [2.05, 4.69) is 32.7 Å². The third-order valence-corrected chi connectivity index (χ3v) is 2.26. The van der Waals surface area contributed by atoms with Gasteiger partial charge in [0, 0.05) is 11.9 Å². The fraction of sp³-hybridized carbons (Fsp3) is 0.750. The van der Waals surface area contributed by atoms with Gasteiger partial charge in [-0.2, -0.15) is 0 Å². The first-order valence-corrected chi connectivity index (χ1v) is 5.06. The van der Waals surface area contributed by atoms with E-state index in [0.717, 1.165) is 5.70 Å². The van der Waals surface area contributed by atoms with Crippen molar-refractivity contribution in [2.45, 2.75) is 53.8 Å². The van der Waals surface area contributed by atoms with E-state index in [1.54, 1.807) is 6.21 Å². The van der Waals surface area contributed by atoms with Crippen LogP contribution >= 0.6 is 0 Å². The van der Waals surface area contributed by atoms with E-state index >= 15 is 0 Å². The maximum absolute atomic E-state index is 5.82. The summed E-state index contributed by atoms with van der Waals surface area (Å²) >= 11 is 0. The number of rotatable bonds is 2. The van der Waals surface area contributed by atoms with E-state index in [0.29, 0.717) is 0 Å². The third kappa shape index (κ3) is 5.26. The van der Waals surface area contributed by atoms with Crippen LogP contribution in [0.1, 0.15) is 48.5 Å². The predicted octanol–water partition coefficient (Wildman–Crippen LogP) is 3.76. The van der Waals surface area contributed by atoms with E-state index in [1.165, 1.54) is 5.57 Å². The molecule has 0 aliphatic rings. The highest BCUT2D eigenvalue weighted by Crippen LogP contribution is 2.28. The molecule has 0 aliphatic heterocycles. The van der Waals surface area contributed by atoms with Gasteiger partial charge in [-0.25, -0.2) is 0 Å². The van der Waals surface area contributed by atoms with Crippen molar-refractivity contribution in [2.24, 2.45) is 10.4 Å². The zero-order chi connectivity index (χ0) is 11.6. The molecule has 0 aromatic carbocycles. The molecule has 0 bridgehead atoms. The molecular weight excluding hydrogens is 169 g/mol. The Morgan fingerprint density at radius 3 is 1.79 bits per heavy atom. The van der Waals surface area contributed by atoms with Gasteiger partial charge in [-0.05, 0) is 30.1 Å². The summed E-state index contributed by atoms with van der Waals surface area (Å²) in [6.45, 7) is 14.6. The van der Waals surface area contributed by atoms with Crippen LogP contribution in [0.4, 0.5) is 0 Å². The minimum Gasteiger partial charge on any atom is -0.266 e. The molecule has 0 atom stereocenters. The van der Waals surface area contributed by atoms with Gasteiger partial charge in [0.1, 0.15) is 0 Å². The lowest BCUT2D eigenvalue weighted by atomic mass is 9.74. The fourth-order valence-corrected chi connectivity index (χ4v) is 0.903. The molecule has 14 heavy (non-hydrogen) atoms. The summed E-state index contributed by atoms with van der Waals surface area (Å²) in [5, 5.41) is -0.334. The maximum atomic E-state index is 5.82. The highest BCUT2D eigenvalue weighted by molar-refractivity contribution is 6.24. The number of hydrogen-bond acceptors (Lipinski definition) is 1. The molecule has 0 fully saturated rings. The van der Waals surface area contributed by atoms with Crippen LogP contribution in [0.2, 0.25) is 5.31 Å². The van der Waals surface area contributed by atoms with Gasteiger partial charge in [0.05, 0.1) is 7.85 Å². The van der Waals surface area contributed by atoms with Crippen LogP contribution in [0.15, 0.2) is 16.3 Å². The summed E-state index contributed by atoms with van der Waals surface area (Å²) in [5.41, 5.74) is 2.55. The highest BCUT2D eigenvalue weighted by atomic mass is 14.7. The van der Waals surface area contributed by atoms with Gasteiger partial charge in [0.2, 0.25) is 0 Å². The van der Waals surface area contributed by atoms with Crippen molar-refractivity contribution >= 4 is 14.1 Å². The number of allylic oxidation sites excluding steroid dienone is 2. The molecule has 0 unspecified atom stereocenters. The van der Waals surface area contributed by atoms with Crippen molar-refractivity contribution < 1.29 is 0 Å². The molecule has 0 aromatic heterocycles. The smallest absolute Gasteiger partial charge is 0.0815 e. The van der Waals surface area contributed by atoms with Crippen LogP contribution < -0.4 is 0 Å². The van der Waals surface area contributed by atoms with Crippen molar-refractivity contribution in [3.05, 3.63) is 11.3 Å². The summed E-state index contributed by atoms with van der Waals surface area (Å²) in [6, 6.07) is 0.